The molecule has 0 bridgehead atoms. The number of aliphatic imine (C=N–C) groups is 1. The van der Waals surface area contributed by atoms with Crippen molar-refractivity contribution < 1.29 is 4.74 Å². The topological polar surface area (TPSA) is 45.6 Å². The molecule has 1 aliphatic carbocycles. The molecule has 0 aliphatic heterocycles. The van der Waals surface area contributed by atoms with Crippen molar-refractivity contribution in [2.24, 2.45) is 10.9 Å². The number of hydrogen-bond donors (Lipinski definition) is 2. The Balaban J connectivity index is 0.00000264. The summed E-state index contributed by atoms with van der Waals surface area (Å²) in [5.74, 6) is 4.95. The number of halogens is 1. The van der Waals surface area contributed by atoms with E-state index >= 15 is 0 Å². The van der Waals surface area contributed by atoms with Crippen molar-refractivity contribution in [1.82, 2.24) is 10.6 Å². The van der Waals surface area contributed by atoms with Gasteiger partial charge in [-0.05, 0) is 43.4 Å². The van der Waals surface area contributed by atoms with Crippen molar-refractivity contribution in [1.29, 1.82) is 0 Å². The van der Waals surface area contributed by atoms with Crippen molar-refractivity contribution in [2.45, 2.75) is 32.7 Å². The van der Waals surface area contributed by atoms with Crippen molar-refractivity contribution >= 4 is 29.9 Å². The molecule has 2 atom stereocenters. The molecule has 23 heavy (non-hydrogen) atoms. The first-order valence-electron chi connectivity index (χ1n) is 7.93. The van der Waals surface area contributed by atoms with Crippen molar-refractivity contribution in [3.05, 3.63) is 29.8 Å². The molecule has 0 amide bonds. The highest BCUT2D eigenvalue weighted by molar-refractivity contribution is 14.0. The van der Waals surface area contributed by atoms with Crippen LogP contribution in [0, 0.1) is 18.3 Å². The molecular weight excluding hydrogens is 401 g/mol. The summed E-state index contributed by atoms with van der Waals surface area (Å²) < 4.78 is 5.36. The molecule has 5 heteroatoms. The maximum Gasteiger partial charge on any atom is 0.191 e. The monoisotopic (exact) mass is 427 g/mol. The Hall–Kier alpha value is -1.42. The lowest BCUT2D eigenvalue weighted by Crippen LogP contribution is -2.39. The van der Waals surface area contributed by atoms with E-state index in [4.69, 9.17) is 11.2 Å². The van der Waals surface area contributed by atoms with Gasteiger partial charge in [-0.15, -0.1) is 30.4 Å². The summed E-state index contributed by atoms with van der Waals surface area (Å²) in [5.41, 5.74) is 1.24. The Morgan fingerprint density at radius 2 is 2.09 bits per heavy atom. The Morgan fingerprint density at radius 3 is 2.65 bits per heavy atom. The Morgan fingerprint density at radius 1 is 1.39 bits per heavy atom. The number of terminal acetylenes is 1. The Bertz CT molecular complexity index is 536. The third-order valence-electron chi connectivity index (χ3n) is 3.69. The number of rotatable bonds is 7. The fourth-order valence-electron chi connectivity index (χ4n) is 2.19. The molecule has 0 spiro atoms. The summed E-state index contributed by atoms with van der Waals surface area (Å²) in [5, 5.41) is 6.75. The van der Waals surface area contributed by atoms with E-state index in [1.54, 1.807) is 0 Å². The van der Waals surface area contributed by atoms with Crippen LogP contribution >= 0.6 is 24.0 Å². The molecule has 4 nitrogen and oxygen atoms in total. The molecule has 0 heterocycles. The highest BCUT2D eigenvalue weighted by Gasteiger charge is 2.33. The lowest BCUT2D eigenvalue weighted by Gasteiger charge is -2.10. The molecule has 2 N–H and O–H groups in total. The maximum atomic E-state index is 5.36. The van der Waals surface area contributed by atoms with Gasteiger partial charge in [0.1, 0.15) is 12.4 Å². The van der Waals surface area contributed by atoms with Gasteiger partial charge in [0.2, 0.25) is 0 Å². The van der Waals surface area contributed by atoms with Gasteiger partial charge in [0.15, 0.2) is 5.96 Å². The highest BCUT2D eigenvalue weighted by Crippen LogP contribution is 2.28. The summed E-state index contributed by atoms with van der Waals surface area (Å²) in [4.78, 5) is 4.63. The van der Waals surface area contributed by atoms with Crippen molar-refractivity contribution in [3.8, 4) is 18.1 Å². The smallest absolute Gasteiger partial charge is 0.191 e. The molecule has 1 aliphatic rings. The van der Waals surface area contributed by atoms with Gasteiger partial charge in [0.25, 0.3) is 0 Å². The van der Waals surface area contributed by atoms with E-state index in [9.17, 15) is 0 Å². The van der Waals surface area contributed by atoms with E-state index in [-0.39, 0.29) is 24.0 Å². The van der Waals surface area contributed by atoms with Crippen LogP contribution in [0.25, 0.3) is 0 Å². The highest BCUT2D eigenvalue weighted by atomic mass is 127. The summed E-state index contributed by atoms with van der Waals surface area (Å²) in [7, 11) is 0. The molecule has 0 aromatic heterocycles. The fourth-order valence-corrected chi connectivity index (χ4v) is 2.19. The molecule has 126 valence electrons. The van der Waals surface area contributed by atoms with E-state index in [0.29, 0.717) is 12.6 Å². The first-order valence-corrected chi connectivity index (χ1v) is 7.93. The number of nitrogens with zero attached hydrogens (tertiary/aromatic N) is 1. The van der Waals surface area contributed by atoms with Gasteiger partial charge in [-0.25, -0.2) is 0 Å². The van der Waals surface area contributed by atoms with Crippen LogP contribution in [-0.4, -0.2) is 31.7 Å². The largest absolute Gasteiger partial charge is 0.481 e. The van der Waals surface area contributed by atoms with Crippen LogP contribution in [-0.2, 0) is 6.42 Å². The molecular formula is C18H26IN3O. The van der Waals surface area contributed by atoms with Gasteiger partial charge < -0.3 is 15.4 Å². The summed E-state index contributed by atoms with van der Waals surface area (Å²) >= 11 is 0. The van der Waals surface area contributed by atoms with Crippen LogP contribution in [0.3, 0.4) is 0 Å². The number of hydrogen-bond acceptors (Lipinski definition) is 2. The van der Waals surface area contributed by atoms with E-state index < -0.39 is 0 Å². The SMILES string of the molecule is C#CCOc1ccc(CCN=C(NCC)NC2CC2C)cc1.I. The third kappa shape index (κ3) is 7.12. The lowest BCUT2D eigenvalue weighted by molar-refractivity contribution is 0.370. The zero-order valence-electron chi connectivity index (χ0n) is 13.8. The normalized spacial score (nSPS) is 19.3. The van der Waals surface area contributed by atoms with Crippen LogP contribution in [0.5, 0.6) is 5.75 Å². The third-order valence-corrected chi connectivity index (χ3v) is 3.69. The number of nitrogens with one attached hydrogen (secondary N) is 2. The average Bonchev–Trinajstić information content (AvgIpc) is 3.21. The van der Waals surface area contributed by atoms with Crippen LogP contribution in [0.1, 0.15) is 25.8 Å². The van der Waals surface area contributed by atoms with E-state index in [1.807, 2.05) is 12.1 Å². The second-order valence-corrected chi connectivity index (χ2v) is 5.61. The predicted octanol–water partition coefficient (Wildman–Crippen LogP) is 2.82. The van der Waals surface area contributed by atoms with E-state index in [1.165, 1.54) is 12.0 Å². The Kier molecular flexibility index (Phi) is 8.85. The minimum Gasteiger partial charge on any atom is -0.481 e. The molecule has 0 radical (unpaired) electrons. The second kappa shape index (κ2) is 10.4. The van der Waals surface area contributed by atoms with Gasteiger partial charge in [-0.1, -0.05) is 25.0 Å². The number of guanidine groups is 1. The van der Waals surface area contributed by atoms with Gasteiger partial charge in [-0.3, -0.25) is 4.99 Å². The molecule has 2 unspecified atom stereocenters. The molecule has 2 rings (SSSR count). The zero-order chi connectivity index (χ0) is 15.8. The van der Waals surface area contributed by atoms with Gasteiger partial charge in [0.05, 0.1) is 0 Å². The van der Waals surface area contributed by atoms with Gasteiger partial charge >= 0.3 is 0 Å². The summed E-state index contributed by atoms with van der Waals surface area (Å²) in [6.45, 7) is 6.30. The van der Waals surface area contributed by atoms with Crippen LogP contribution in [0.4, 0.5) is 0 Å². The molecule has 1 saturated carbocycles. The Labute approximate surface area is 156 Å². The number of benzene rings is 1. The summed E-state index contributed by atoms with van der Waals surface area (Å²) in [6, 6.07) is 8.61. The molecule has 1 aromatic rings. The zero-order valence-corrected chi connectivity index (χ0v) is 16.2. The fraction of sp³-hybridized carbons (Fsp3) is 0.500. The van der Waals surface area contributed by atoms with Crippen molar-refractivity contribution in [3.63, 3.8) is 0 Å². The van der Waals surface area contributed by atoms with Gasteiger partial charge in [-0.2, -0.15) is 0 Å². The quantitative estimate of drug-likeness (QED) is 0.305. The molecule has 1 fully saturated rings. The average molecular weight is 427 g/mol. The first kappa shape index (κ1) is 19.6. The van der Waals surface area contributed by atoms with Crippen LogP contribution < -0.4 is 15.4 Å². The minimum absolute atomic E-state index is 0. The standard InChI is InChI=1S/C18H25N3O.HI/c1-4-12-22-16-8-6-15(7-9-16)10-11-20-18(19-5-2)21-17-13-14(17)3;/h1,6-9,14,17H,5,10-13H2,2-3H3,(H2,19,20,21);1H. The van der Waals surface area contributed by atoms with Crippen LogP contribution in [0.15, 0.2) is 29.3 Å². The van der Waals surface area contributed by atoms with Crippen LogP contribution in [0.2, 0.25) is 0 Å². The second-order valence-electron chi connectivity index (χ2n) is 5.61. The number of ether oxygens (including phenoxy) is 1. The predicted molar refractivity (Wildman–Crippen MR) is 107 cm³/mol. The first-order chi connectivity index (χ1) is 10.7. The summed E-state index contributed by atoms with van der Waals surface area (Å²) in [6.07, 6.45) is 7.32. The minimum atomic E-state index is 0. The van der Waals surface area contributed by atoms with E-state index in [2.05, 4.69) is 47.5 Å². The van der Waals surface area contributed by atoms with Gasteiger partial charge in [0, 0.05) is 19.1 Å². The van der Waals surface area contributed by atoms with E-state index in [0.717, 1.165) is 37.1 Å². The van der Waals surface area contributed by atoms with Crippen molar-refractivity contribution in [2.75, 3.05) is 19.7 Å². The maximum absolute atomic E-state index is 5.36. The molecule has 1 aromatic carbocycles. The molecule has 0 saturated heterocycles. The lowest BCUT2D eigenvalue weighted by atomic mass is 10.1.